The Labute approximate surface area is 179 Å². The first-order chi connectivity index (χ1) is 14.4. The Balaban J connectivity index is 1.22. The minimum absolute atomic E-state index is 0.268. The van der Waals surface area contributed by atoms with Crippen molar-refractivity contribution >= 4 is 0 Å². The van der Waals surface area contributed by atoms with Crippen LogP contribution in [0.25, 0.3) is 5.69 Å². The molecule has 1 aliphatic heterocycles. The van der Waals surface area contributed by atoms with E-state index in [1.54, 1.807) is 24.5 Å². The number of piperazine rings is 1. The highest BCUT2D eigenvalue weighted by Gasteiger charge is 2.31. The standard InChI is InChI=1S/C23H34FN5O/c1-23(2,3)28-14-12-27(13-15-28)19-6-4-18(5-7-19)17-30-22-9-8-20(16-21(22)24)29-11-10-25-26-29/h8-11,16,18-19H,4-7,12-15,17H2,1-3H3/t18-,19-. The number of hydrogen-bond acceptors (Lipinski definition) is 5. The smallest absolute Gasteiger partial charge is 0.167 e. The van der Waals surface area contributed by atoms with Crippen LogP contribution in [-0.2, 0) is 0 Å². The lowest BCUT2D eigenvalue weighted by atomic mass is 9.85. The molecule has 7 heteroatoms. The summed E-state index contributed by atoms with van der Waals surface area (Å²) in [5, 5.41) is 7.65. The second-order valence-electron chi connectivity index (χ2n) is 9.64. The highest BCUT2D eigenvalue weighted by atomic mass is 19.1. The molecular weight excluding hydrogens is 381 g/mol. The molecule has 0 bridgehead atoms. The summed E-state index contributed by atoms with van der Waals surface area (Å²) in [5.41, 5.74) is 0.911. The fourth-order valence-electron chi connectivity index (χ4n) is 4.74. The molecule has 2 aliphatic rings. The normalized spacial score (nSPS) is 24.1. The van der Waals surface area contributed by atoms with Crippen LogP contribution in [0.5, 0.6) is 5.75 Å². The average Bonchev–Trinajstić information content (AvgIpc) is 3.28. The van der Waals surface area contributed by atoms with Crippen LogP contribution in [0.4, 0.5) is 4.39 Å². The Morgan fingerprint density at radius 3 is 2.40 bits per heavy atom. The number of aromatic nitrogens is 3. The summed E-state index contributed by atoms with van der Waals surface area (Å²) in [5.74, 6) is 0.471. The molecule has 164 valence electrons. The van der Waals surface area contributed by atoms with Crippen molar-refractivity contribution in [1.29, 1.82) is 0 Å². The minimum Gasteiger partial charge on any atom is -0.490 e. The summed E-state index contributed by atoms with van der Waals surface area (Å²) in [7, 11) is 0. The summed E-state index contributed by atoms with van der Waals surface area (Å²) < 4.78 is 21.8. The van der Waals surface area contributed by atoms with E-state index in [2.05, 4.69) is 40.9 Å². The first kappa shape index (κ1) is 21.2. The van der Waals surface area contributed by atoms with E-state index in [1.807, 2.05) is 0 Å². The maximum Gasteiger partial charge on any atom is 0.167 e. The summed E-state index contributed by atoms with van der Waals surface area (Å²) in [4.78, 5) is 5.27. The molecule has 1 aromatic heterocycles. The van der Waals surface area contributed by atoms with Crippen LogP contribution in [0, 0.1) is 11.7 Å². The van der Waals surface area contributed by atoms with Gasteiger partial charge >= 0.3 is 0 Å². The zero-order valence-electron chi connectivity index (χ0n) is 18.4. The third kappa shape index (κ3) is 5.01. The third-order valence-electron chi connectivity index (χ3n) is 6.67. The minimum atomic E-state index is -0.353. The average molecular weight is 416 g/mol. The first-order valence-corrected chi connectivity index (χ1v) is 11.2. The predicted molar refractivity (Wildman–Crippen MR) is 115 cm³/mol. The molecule has 1 saturated heterocycles. The summed E-state index contributed by atoms with van der Waals surface area (Å²) in [6, 6.07) is 5.63. The van der Waals surface area contributed by atoms with Gasteiger partial charge in [-0.25, -0.2) is 9.07 Å². The maximum atomic E-state index is 14.4. The number of ether oxygens (including phenoxy) is 1. The van der Waals surface area contributed by atoms with Gasteiger partial charge in [0.2, 0.25) is 0 Å². The van der Waals surface area contributed by atoms with Crippen molar-refractivity contribution in [3.05, 3.63) is 36.4 Å². The first-order valence-electron chi connectivity index (χ1n) is 11.2. The van der Waals surface area contributed by atoms with Gasteiger partial charge < -0.3 is 4.74 Å². The number of hydrogen-bond donors (Lipinski definition) is 0. The predicted octanol–water partition coefficient (Wildman–Crippen LogP) is 3.76. The molecule has 1 aliphatic carbocycles. The second-order valence-corrected chi connectivity index (χ2v) is 9.64. The van der Waals surface area contributed by atoms with Crippen LogP contribution in [0.3, 0.4) is 0 Å². The Morgan fingerprint density at radius 2 is 1.80 bits per heavy atom. The molecule has 0 spiro atoms. The molecule has 0 N–H and O–H groups in total. The lowest BCUT2D eigenvalue weighted by molar-refractivity contribution is 0.0263. The molecular formula is C23H34FN5O. The molecule has 0 amide bonds. The monoisotopic (exact) mass is 415 g/mol. The molecule has 6 nitrogen and oxygen atoms in total. The van der Waals surface area contributed by atoms with Crippen LogP contribution in [0.1, 0.15) is 46.5 Å². The van der Waals surface area contributed by atoms with Gasteiger partial charge in [0.1, 0.15) is 0 Å². The van der Waals surface area contributed by atoms with Gasteiger partial charge in [0.05, 0.1) is 24.7 Å². The van der Waals surface area contributed by atoms with E-state index in [4.69, 9.17) is 4.74 Å². The van der Waals surface area contributed by atoms with Gasteiger partial charge in [-0.15, -0.1) is 5.10 Å². The molecule has 0 unspecified atom stereocenters. The van der Waals surface area contributed by atoms with Gasteiger partial charge in [-0.2, -0.15) is 0 Å². The quantitative estimate of drug-likeness (QED) is 0.744. The van der Waals surface area contributed by atoms with Crippen molar-refractivity contribution < 1.29 is 9.13 Å². The molecule has 2 fully saturated rings. The number of halogens is 1. The van der Waals surface area contributed by atoms with Crippen LogP contribution in [0.2, 0.25) is 0 Å². The summed E-state index contributed by atoms with van der Waals surface area (Å²) >= 11 is 0. The van der Waals surface area contributed by atoms with E-state index >= 15 is 0 Å². The Bertz CT molecular complexity index is 803. The molecule has 2 aromatic rings. The number of benzene rings is 1. The second kappa shape index (κ2) is 9.02. The van der Waals surface area contributed by atoms with Crippen molar-refractivity contribution in [3.63, 3.8) is 0 Å². The SMILES string of the molecule is CC(C)(C)N1CCN([C@H]2CC[C@H](COc3ccc(-n4ccnn4)cc3F)CC2)CC1. The topological polar surface area (TPSA) is 46.4 Å². The van der Waals surface area contributed by atoms with E-state index in [-0.39, 0.29) is 11.4 Å². The molecule has 0 radical (unpaired) electrons. The Morgan fingerprint density at radius 1 is 1.07 bits per heavy atom. The Hall–Kier alpha value is -1.99. The van der Waals surface area contributed by atoms with Gasteiger partial charge in [0.25, 0.3) is 0 Å². The molecule has 30 heavy (non-hydrogen) atoms. The van der Waals surface area contributed by atoms with Gasteiger partial charge in [0.15, 0.2) is 11.6 Å². The van der Waals surface area contributed by atoms with Crippen LogP contribution in [0.15, 0.2) is 30.6 Å². The molecule has 1 aromatic carbocycles. The molecule has 1 saturated carbocycles. The van der Waals surface area contributed by atoms with Crippen molar-refractivity contribution in [1.82, 2.24) is 24.8 Å². The van der Waals surface area contributed by atoms with E-state index in [1.165, 1.54) is 36.7 Å². The number of nitrogens with zero attached hydrogens (tertiary/aromatic N) is 5. The van der Waals surface area contributed by atoms with Crippen molar-refractivity contribution in [3.8, 4) is 11.4 Å². The molecule has 4 rings (SSSR count). The largest absolute Gasteiger partial charge is 0.490 e. The summed E-state index contributed by atoms with van der Waals surface area (Å²) in [6.45, 7) is 12.2. The van der Waals surface area contributed by atoms with Gasteiger partial charge in [-0.05, 0) is 64.5 Å². The molecule has 0 atom stereocenters. The highest BCUT2D eigenvalue weighted by molar-refractivity contribution is 5.37. The van der Waals surface area contributed by atoms with Gasteiger partial charge in [0, 0.05) is 43.8 Å². The van der Waals surface area contributed by atoms with E-state index in [0.717, 1.165) is 25.9 Å². The fourth-order valence-corrected chi connectivity index (χ4v) is 4.74. The molecule has 2 heterocycles. The van der Waals surface area contributed by atoms with Crippen molar-refractivity contribution in [2.24, 2.45) is 5.92 Å². The van der Waals surface area contributed by atoms with Gasteiger partial charge in [-0.3, -0.25) is 9.80 Å². The zero-order chi connectivity index (χ0) is 21.1. The van der Waals surface area contributed by atoms with E-state index < -0.39 is 0 Å². The Kier molecular flexibility index (Phi) is 6.39. The van der Waals surface area contributed by atoms with Crippen LogP contribution in [-0.4, -0.2) is 69.2 Å². The van der Waals surface area contributed by atoms with Gasteiger partial charge in [-0.1, -0.05) is 5.21 Å². The van der Waals surface area contributed by atoms with E-state index in [0.29, 0.717) is 30.0 Å². The van der Waals surface area contributed by atoms with Crippen LogP contribution >= 0.6 is 0 Å². The maximum absolute atomic E-state index is 14.4. The lowest BCUT2D eigenvalue weighted by Gasteiger charge is -2.46. The highest BCUT2D eigenvalue weighted by Crippen LogP contribution is 2.30. The summed E-state index contributed by atoms with van der Waals surface area (Å²) in [6.07, 6.45) is 8.01. The fraction of sp³-hybridized carbons (Fsp3) is 0.652. The lowest BCUT2D eigenvalue weighted by Crippen LogP contribution is -2.56. The van der Waals surface area contributed by atoms with Crippen LogP contribution < -0.4 is 4.74 Å². The third-order valence-corrected chi connectivity index (χ3v) is 6.67. The van der Waals surface area contributed by atoms with Crippen molar-refractivity contribution in [2.75, 3.05) is 32.8 Å². The van der Waals surface area contributed by atoms with Crippen molar-refractivity contribution in [2.45, 2.75) is 58.0 Å². The zero-order valence-corrected chi connectivity index (χ0v) is 18.4. The van der Waals surface area contributed by atoms with E-state index in [9.17, 15) is 4.39 Å². The number of rotatable bonds is 5.